The Morgan fingerprint density at radius 3 is 1.83 bits per heavy atom. The van der Waals surface area contributed by atoms with Gasteiger partial charge in [-0.25, -0.2) is 0 Å². The lowest BCUT2D eigenvalue weighted by Gasteiger charge is -2.17. The molecule has 0 aliphatic carbocycles. The van der Waals surface area contributed by atoms with Gasteiger partial charge in [0, 0.05) is 12.0 Å². The van der Waals surface area contributed by atoms with Gasteiger partial charge in [0.2, 0.25) is 0 Å². The SMILES string of the molecule is COc1ccc(Oc2ccc(C(=O)CC(C)(C)C(=O)O)cc2)cc1. The number of benzene rings is 2. The van der Waals surface area contributed by atoms with Gasteiger partial charge < -0.3 is 14.6 Å². The largest absolute Gasteiger partial charge is 0.497 e. The van der Waals surface area contributed by atoms with Gasteiger partial charge in [0.1, 0.15) is 17.2 Å². The van der Waals surface area contributed by atoms with Gasteiger partial charge in [0.15, 0.2) is 5.78 Å². The maximum Gasteiger partial charge on any atom is 0.309 e. The van der Waals surface area contributed by atoms with Crippen LogP contribution in [0.5, 0.6) is 17.2 Å². The minimum absolute atomic E-state index is 0.0545. The Morgan fingerprint density at radius 1 is 0.917 bits per heavy atom. The highest BCUT2D eigenvalue weighted by Crippen LogP contribution is 2.26. The minimum Gasteiger partial charge on any atom is -0.497 e. The first kappa shape index (κ1) is 17.5. The normalized spacial score (nSPS) is 11.0. The molecule has 0 fully saturated rings. The zero-order valence-electron chi connectivity index (χ0n) is 13.9. The number of Topliss-reactive ketones (excluding diaryl/α,β-unsaturated/α-hetero) is 1. The molecule has 0 heterocycles. The maximum atomic E-state index is 12.2. The molecule has 126 valence electrons. The van der Waals surface area contributed by atoms with Crippen molar-refractivity contribution < 1.29 is 24.2 Å². The zero-order chi connectivity index (χ0) is 17.7. The van der Waals surface area contributed by atoms with Crippen molar-refractivity contribution in [2.45, 2.75) is 20.3 Å². The zero-order valence-corrected chi connectivity index (χ0v) is 13.9. The van der Waals surface area contributed by atoms with Gasteiger partial charge in [-0.15, -0.1) is 0 Å². The van der Waals surface area contributed by atoms with Gasteiger partial charge in [-0.1, -0.05) is 0 Å². The summed E-state index contributed by atoms with van der Waals surface area (Å²) in [5.74, 6) is 0.786. The number of aliphatic carboxylic acids is 1. The highest BCUT2D eigenvalue weighted by molar-refractivity contribution is 5.98. The third kappa shape index (κ3) is 4.35. The second-order valence-electron chi connectivity index (χ2n) is 6.09. The summed E-state index contributed by atoms with van der Waals surface area (Å²) in [6, 6.07) is 13.8. The molecule has 0 bridgehead atoms. The molecule has 0 aliphatic heterocycles. The third-order valence-corrected chi connectivity index (χ3v) is 3.65. The number of carbonyl (C=O) groups is 2. The molecule has 0 unspecified atom stereocenters. The van der Waals surface area contributed by atoms with E-state index in [1.165, 1.54) is 13.8 Å². The van der Waals surface area contributed by atoms with Crippen molar-refractivity contribution in [3.05, 3.63) is 54.1 Å². The van der Waals surface area contributed by atoms with E-state index in [0.29, 0.717) is 17.1 Å². The number of ketones is 1. The summed E-state index contributed by atoms with van der Waals surface area (Å²) >= 11 is 0. The van der Waals surface area contributed by atoms with E-state index in [0.717, 1.165) is 5.75 Å². The second-order valence-corrected chi connectivity index (χ2v) is 6.09. The molecule has 0 aromatic heterocycles. The molecule has 5 heteroatoms. The molecule has 0 atom stereocenters. The quantitative estimate of drug-likeness (QED) is 0.772. The van der Waals surface area contributed by atoms with E-state index in [9.17, 15) is 9.59 Å². The highest BCUT2D eigenvalue weighted by atomic mass is 16.5. The van der Waals surface area contributed by atoms with Crippen molar-refractivity contribution in [1.82, 2.24) is 0 Å². The highest BCUT2D eigenvalue weighted by Gasteiger charge is 2.30. The number of carbonyl (C=O) groups excluding carboxylic acids is 1. The standard InChI is InChI=1S/C19H20O5/c1-19(2,18(21)22)12-17(20)13-4-6-15(7-5-13)24-16-10-8-14(23-3)9-11-16/h4-11H,12H2,1-3H3,(H,21,22). The number of hydrogen-bond donors (Lipinski definition) is 1. The van der Waals surface area contributed by atoms with Crippen LogP contribution in [0.3, 0.4) is 0 Å². The second kappa shape index (κ2) is 7.17. The van der Waals surface area contributed by atoms with Crippen molar-refractivity contribution in [2.75, 3.05) is 7.11 Å². The summed E-state index contributed by atoms with van der Waals surface area (Å²) in [5.41, 5.74) is -0.624. The van der Waals surface area contributed by atoms with Crippen LogP contribution in [0.1, 0.15) is 30.6 Å². The number of rotatable bonds is 7. The van der Waals surface area contributed by atoms with Gasteiger partial charge in [-0.3, -0.25) is 9.59 Å². The topological polar surface area (TPSA) is 72.8 Å². The molecule has 2 rings (SSSR count). The maximum absolute atomic E-state index is 12.2. The molecule has 0 radical (unpaired) electrons. The first-order chi connectivity index (χ1) is 11.3. The van der Waals surface area contributed by atoms with E-state index >= 15 is 0 Å². The van der Waals surface area contributed by atoms with Crippen LogP contribution in [0.4, 0.5) is 0 Å². The van der Waals surface area contributed by atoms with Crippen LogP contribution in [0, 0.1) is 5.41 Å². The summed E-state index contributed by atoms with van der Waals surface area (Å²) in [5, 5.41) is 9.10. The molecule has 0 aliphatic rings. The fourth-order valence-electron chi connectivity index (χ4n) is 2.07. The molecular weight excluding hydrogens is 308 g/mol. The Morgan fingerprint density at radius 2 is 1.38 bits per heavy atom. The van der Waals surface area contributed by atoms with E-state index in [4.69, 9.17) is 14.6 Å². The monoisotopic (exact) mass is 328 g/mol. The number of carboxylic acids is 1. The molecule has 0 spiro atoms. The fourth-order valence-corrected chi connectivity index (χ4v) is 2.07. The van der Waals surface area contributed by atoms with Gasteiger partial charge >= 0.3 is 5.97 Å². The van der Waals surface area contributed by atoms with Crippen LogP contribution < -0.4 is 9.47 Å². The van der Waals surface area contributed by atoms with E-state index < -0.39 is 11.4 Å². The summed E-state index contributed by atoms with van der Waals surface area (Å²) in [4.78, 5) is 23.3. The molecule has 0 saturated heterocycles. The first-order valence-electron chi connectivity index (χ1n) is 7.50. The van der Waals surface area contributed by atoms with Crippen molar-refractivity contribution in [3.8, 4) is 17.2 Å². The summed E-state index contributed by atoms with van der Waals surface area (Å²) in [7, 11) is 1.59. The third-order valence-electron chi connectivity index (χ3n) is 3.65. The van der Waals surface area contributed by atoms with Crippen molar-refractivity contribution in [3.63, 3.8) is 0 Å². The Hall–Kier alpha value is -2.82. The van der Waals surface area contributed by atoms with Crippen LogP contribution in [-0.4, -0.2) is 24.0 Å². The summed E-state index contributed by atoms with van der Waals surface area (Å²) in [6.45, 7) is 3.07. The number of carboxylic acid groups (broad SMARTS) is 1. The van der Waals surface area contributed by atoms with Crippen LogP contribution in [0.25, 0.3) is 0 Å². The average molecular weight is 328 g/mol. The van der Waals surface area contributed by atoms with Crippen LogP contribution >= 0.6 is 0 Å². The van der Waals surface area contributed by atoms with Gasteiger partial charge in [0.25, 0.3) is 0 Å². The van der Waals surface area contributed by atoms with E-state index in [1.807, 2.05) is 0 Å². The van der Waals surface area contributed by atoms with Gasteiger partial charge in [-0.2, -0.15) is 0 Å². The Labute approximate surface area is 140 Å². The van der Waals surface area contributed by atoms with Crippen LogP contribution in [-0.2, 0) is 4.79 Å². The predicted octanol–water partition coefficient (Wildman–Crippen LogP) is 4.17. The molecule has 2 aromatic rings. The predicted molar refractivity (Wildman–Crippen MR) is 89.9 cm³/mol. The lowest BCUT2D eigenvalue weighted by Crippen LogP contribution is -2.26. The lowest BCUT2D eigenvalue weighted by molar-refractivity contribution is -0.146. The van der Waals surface area contributed by atoms with Crippen LogP contribution in [0.2, 0.25) is 0 Å². The van der Waals surface area contributed by atoms with Crippen molar-refractivity contribution in [1.29, 1.82) is 0 Å². The Bertz CT molecular complexity index is 714. The minimum atomic E-state index is -1.09. The molecular formula is C19H20O5. The summed E-state index contributed by atoms with van der Waals surface area (Å²) < 4.78 is 10.8. The Balaban J connectivity index is 2.04. The molecule has 5 nitrogen and oxygen atoms in total. The van der Waals surface area contributed by atoms with E-state index in [2.05, 4.69) is 0 Å². The molecule has 24 heavy (non-hydrogen) atoms. The average Bonchev–Trinajstić information content (AvgIpc) is 2.55. The van der Waals surface area contributed by atoms with E-state index in [1.54, 1.807) is 55.6 Å². The smallest absolute Gasteiger partial charge is 0.309 e. The van der Waals surface area contributed by atoms with Gasteiger partial charge in [-0.05, 0) is 62.4 Å². The molecule has 0 amide bonds. The summed E-state index contributed by atoms with van der Waals surface area (Å²) in [6.07, 6.45) is -0.0545. The number of ether oxygens (including phenoxy) is 2. The fraction of sp³-hybridized carbons (Fsp3) is 0.263. The van der Waals surface area contributed by atoms with Crippen LogP contribution in [0.15, 0.2) is 48.5 Å². The van der Waals surface area contributed by atoms with E-state index in [-0.39, 0.29) is 12.2 Å². The molecule has 1 N–H and O–H groups in total. The lowest BCUT2D eigenvalue weighted by atomic mass is 9.86. The van der Waals surface area contributed by atoms with Gasteiger partial charge in [0.05, 0.1) is 12.5 Å². The molecule has 2 aromatic carbocycles. The van der Waals surface area contributed by atoms with Crippen molar-refractivity contribution in [2.24, 2.45) is 5.41 Å². The molecule has 0 saturated carbocycles. The first-order valence-corrected chi connectivity index (χ1v) is 7.50. The number of hydrogen-bond acceptors (Lipinski definition) is 4. The van der Waals surface area contributed by atoms with Crippen molar-refractivity contribution >= 4 is 11.8 Å². The Kier molecular flexibility index (Phi) is 5.24. The number of methoxy groups -OCH3 is 1.